The number of phenols is 1. The first kappa shape index (κ1) is 13.7. The zero-order valence-corrected chi connectivity index (χ0v) is 10.4. The molecule has 0 unspecified atom stereocenters. The fourth-order valence-corrected chi connectivity index (χ4v) is 1.70. The van der Waals surface area contributed by atoms with Crippen molar-refractivity contribution in [1.29, 1.82) is 0 Å². The molecule has 0 spiro atoms. The molecule has 0 aliphatic carbocycles. The number of phenolic OH excluding ortho intramolecular Hbond substituents is 1. The number of carboxylic acid groups (broad SMARTS) is 1. The standard InChI is InChI=1S/C14H13NO5/c16-10-5-3-9(4-6-10)8-11(14(18)19)15-13(17)12-2-1-7-20-12/h1-7,11,16H,8H2,(H,15,17)(H,18,19)/t11-/m1/s1. The molecule has 20 heavy (non-hydrogen) atoms. The molecule has 0 saturated heterocycles. The predicted octanol–water partition coefficient (Wildman–Crippen LogP) is 1.41. The number of carbonyl (C=O) groups excluding carboxylic acids is 1. The summed E-state index contributed by atoms with van der Waals surface area (Å²) in [7, 11) is 0. The zero-order chi connectivity index (χ0) is 14.5. The summed E-state index contributed by atoms with van der Waals surface area (Å²) in [6, 6.07) is 8.05. The molecule has 1 heterocycles. The summed E-state index contributed by atoms with van der Waals surface area (Å²) >= 11 is 0. The van der Waals surface area contributed by atoms with E-state index >= 15 is 0 Å². The van der Waals surface area contributed by atoms with Crippen LogP contribution in [0.25, 0.3) is 0 Å². The minimum Gasteiger partial charge on any atom is -0.508 e. The van der Waals surface area contributed by atoms with E-state index in [2.05, 4.69) is 5.32 Å². The molecule has 1 amide bonds. The van der Waals surface area contributed by atoms with Crippen LogP contribution in [0.2, 0.25) is 0 Å². The van der Waals surface area contributed by atoms with Gasteiger partial charge < -0.3 is 19.9 Å². The maximum absolute atomic E-state index is 11.8. The maximum atomic E-state index is 11.8. The highest BCUT2D eigenvalue weighted by Crippen LogP contribution is 2.12. The van der Waals surface area contributed by atoms with Crippen LogP contribution < -0.4 is 5.32 Å². The van der Waals surface area contributed by atoms with Gasteiger partial charge >= 0.3 is 5.97 Å². The quantitative estimate of drug-likeness (QED) is 0.766. The van der Waals surface area contributed by atoms with Crippen LogP contribution in [-0.2, 0) is 11.2 Å². The van der Waals surface area contributed by atoms with Gasteiger partial charge in [-0.15, -0.1) is 0 Å². The number of benzene rings is 1. The molecule has 0 aliphatic rings. The van der Waals surface area contributed by atoms with Gasteiger partial charge in [0.05, 0.1) is 6.26 Å². The third-order valence-electron chi connectivity index (χ3n) is 2.72. The lowest BCUT2D eigenvalue weighted by molar-refractivity contribution is -0.139. The highest BCUT2D eigenvalue weighted by molar-refractivity contribution is 5.94. The molecule has 1 atom stereocenters. The smallest absolute Gasteiger partial charge is 0.326 e. The number of hydrogen-bond donors (Lipinski definition) is 3. The third-order valence-corrected chi connectivity index (χ3v) is 2.72. The Morgan fingerprint density at radius 3 is 2.45 bits per heavy atom. The monoisotopic (exact) mass is 275 g/mol. The Hall–Kier alpha value is -2.76. The van der Waals surface area contributed by atoms with Crippen molar-refractivity contribution in [3.05, 3.63) is 54.0 Å². The topological polar surface area (TPSA) is 99.8 Å². The first-order chi connectivity index (χ1) is 9.56. The van der Waals surface area contributed by atoms with Crippen molar-refractivity contribution in [3.63, 3.8) is 0 Å². The van der Waals surface area contributed by atoms with Gasteiger partial charge in [-0.2, -0.15) is 0 Å². The van der Waals surface area contributed by atoms with Crippen molar-refractivity contribution in [1.82, 2.24) is 5.32 Å². The minimum absolute atomic E-state index is 0.0574. The highest BCUT2D eigenvalue weighted by Gasteiger charge is 2.22. The molecule has 0 aliphatic heterocycles. The molecule has 104 valence electrons. The van der Waals surface area contributed by atoms with Crippen molar-refractivity contribution < 1.29 is 24.2 Å². The SMILES string of the molecule is O=C(N[C@H](Cc1ccc(O)cc1)C(=O)O)c1ccco1. The Morgan fingerprint density at radius 2 is 1.90 bits per heavy atom. The van der Waals surface area contributed by atoms with Crippen LogP contribution in [0.1, 0.15) is 16.1 Å². The van der Waals surface area contributed by atoms with E-state index in [1.165, 1.54) is 24.5 Å². The van der Waals surface area contributed by atoms with E-state index in [-0.39, 0.29) is 17.9 Å². The lowest BCUT2D eigenvalue weighted by atomic mass is 10.1. The van der Waals surface area contributed by atoms with Crippen molar-refractivity contribution in [2.45, 2.75) is 12.5 Å². The van der Waals surface area contributed by atoms with Crippen LogP contribution >= 0.6 is 0 Å². The van der Waals surface area contributed by atoms with Crippen LogP contribution in [0.5, 0.6) is 5.75 Å². The third kappa shape index (κ3) is 3.38. The minimum atomic E-state index is -1.14. The summed E-state index contributed by atoms with van der Waals surface area (Å²) in [5.74, 6) is -1.57. The first-order valence-corrected chi connectivity index (χ1v) is 5.91. The Balaban J connectivity index is 2.06. The van der Waals surface area contributed by atoms with Crippen LogP contribution in [0.15, 0.2) is 47.1 Å². The highest BCUT2D eigenvalue weighted by atomic mass is 16.4. The fraction of sp³-hybridized carbons (Fsp3) is 0.143. The van der Waals surface area contributed by atoms with Crippen LogP contribution in [0.3, 0.4) is 0 Å². The molecule has 0 fully saturated rings. The second kappa shape index (κ2) is 5.92. The van der Waals surface area contributed by atoms with Crippen molar-refractivity contribution >= 4 is 11.9 Å². The summed E-state index contributed by atoms with van der Waals surface area (Å²) in [6.45, 7) is 0. The molecular formula is C14H13NO5. The maximum Gasteiger partial charge on any atom is 0.326 e. The van der Waals surface area contributed by atoms with Gasteiger partial charge in [0.15, 0.2) is 5.76 Å². The first-order valence-electron chi connectivity index (χ1n) is 5.91. The molecule has 2 rings (SSSR count). The van der Waals surface area contributed by atoms with Crippen LogP contribution in [0, 0.1) is 0 Å². The number of amides is 1. The summed E-state index contributed by atoms with van der Waals surface area (Å²) < 4.78 is 4.90. The van der Waals surface area contributed by atoms with Gasteiger partial charge in [0, 0.05) is 6.42 Å². The number of carboxylic acids is 1. The number of hydrogen-bond acceptors (Lipinski definition) is 4. The number of rotatable bonds is 5. The molecule has 2 aromatic rings. The molecule has 3 N–H and O–H groups in total. The van der Waals surface area contributed by atoms with Crippen LogP contribution in [0.4, 0.5) is 0 Å². The van der Waals surface area contributed by atoms with Gasteiger partial charge in [-0.25, -0.2) is 4.79 Å². The lowest BCUT2D eigenvalue weighted by Gasteiger charge is -2.13. The molecule has 0 radical (unpaired) electrons. The largest absolute Gasteiger partial charge is 0.508 e. The normalized spacial score (nSPS) is 11.8. The van der Waals surface area contributed by atoms with E-state index in [4.69, 9.17) is 9.52 Å². The van der Waals surface area contributed by atoms with Gasteiger partial charge in [-0.1, -0.05) is 12.1 Å². The Bertz CT molecular complexity index is 589. The summed E-state index contributed by atoms with van der Waals surface area (Å²) in [4.78, 5) is 22.9. The van der Waals surface area contributed by atoms with Gasteiger partial charge in [0.25, 0.3) is 5.91 Å². The molecule has 6 heteroatoms. The Labute approximate surface area is 114 Å². The van der Waals surface area contributed by atoms with E-state index in [1.54, 1.807) is 18.2 Å². The second-order valence-electron chi connectivity index (χ2n) is 4.21. The van der Waals surface area contributed by atoms with Gasteiger partial charge in [-0.3, -0.25) is 4.79 Å². The average molecular weight is 275 g/mol. The van der Waals surface area contributed by atoms with E-state index in [9.17, 15) is 14.7 Å². The second-order valence-corrected chi connectivity index (χ2v) is 4.21. The number of nitrogens with one attached hydrogen (secondary N) is 1. The summed E-state index contributed by atoms with van der Waals surface area (Å²) in [5.41, 5.74) is 0.690. The lowest BCUT2D eigenvalue weighted by Crippen LogP contribution is -2.42. The summed E-state index contributed by atoms with van der Waals surface area (Å²) in [5, 5.41) is 20.7. The molecule has 6 nitrogen and oxygen atoms in total. The van der Waals surface area contributed by atoms with Crippen molar-refractivity contribution in [3.8, 4) is 5.75 Å². The van der Waals surface area contributed by atoms with Crippen LogP contribution in [-0.4, -0.2) is 28.1 Å². The fourth-order valence-electron chi connectivity index (χ4n) is 1.70. The molecular weight excluding hydrogens is 262 g/mol. The van der Waals surface area contributed by atoms with Crippen molar-refractivity contribution in [2.75, 3.05) is 0 Å². The van der Waals surface area contributed by atoms with Gasteiger partial charge in [0.1, 0.15) is 11.8 Å². The number of aromatic hydroxyl groups is 1. The molecule has 1 aromatic heterocycles. The van der Waals surface area contributed by atoms with E-state index < -0.39 is 17.9 Å². The van der Waals surface area contributed by atoms with Crippen molar-refractivity contribution in [2.24, 2.45) is 0 Å². The number of carbonyl (C=O) groups is 2. The Kier molecular flexibility index (Phi) is 4.05. The average Bonchev–Trinajstić information content (AvgIpc) is 2.94. The number of aliphatic carboxylic acids is 1. The summed E-state index contributed by atoms with van der Waals surface area (Å²) in [6.07, 6.45) is 1.45. The van der Waals surface area contributed by atoms with Gasteiger partial charge in [0.2, 0.25) is 0 Å². The van der Waals surface area contributed by atoms with E-state index in [1.807, 2.05) is 0 Å². The Morgan fingerprint density at radius 1 is 1.20 bits per heavy atom. The molecule has 1 aromatic carbocycles. The van der Waals surface area contributed by atoms with Gasteiger partial charge in [-0.05, 0) is 29.8 Å². The number of furan rings is 1. The molecule has 0 saturated carbocycles. The zero-order valence-electron chi connectivity index (χ0n) is 10.4. The predicted molar refractivity (Wildman–Crippen MR) is 69.4 cm³/mol. The molecule has 0 bridgehead atoms. The van der Waals surface area contributed by atoms with E-state index in [0.29, 0.717) is 5.56 Å². The van der Waals surface area contributed by atoms with E-state index in [0.717, 1.165) is 0 Å².